The SMILES string of the molecule is Cc1cc2cc(CC(=O)c3cccc(Br)c3)cnc2[nH]1. The Kier molecular flexibility index (Phi) is 3.40. The van der Waals surface area contributed by atoms with E-state index in [2.05, 4.69) is 25.9 Å². The van der Waals surface area contributed by atoms with E-state index >= 15 is 0 Å². The third kappa shape index (κ3) is 2.65. The van der Waals surface area contributed by atoms with Gasteiger partial charge >= 0.3 is 0 Å². The van der Waals surface area contributed by atoms with E-state index in [0.29, 0.717) is 12.0 Å². The van der Waals surface area contributed by atoms with Crippen LogP contribution in [0.1, 0.15) is 21.6 Å². The lowest BCUT2D eigenvalue weighted by Gasteiger charge is -2.02. The van der Waals surface area contributed by atoms with Gasteiger partial charge in [0.05, 0.1) is 0 Å². The number of aryl methyl sites for hydroxylation is 1. The number of pyridine rings is 1. The summed E-state index contributed by atoms with van der Waals surface area (Å²) in [6, 6.07) is 11.5. The van der Waals surface area contributed by atoms with Crippen molar-refractivity contribution in [3.63, 3.8) is 0 Å². The van der Waals surface area contributed by atoms with Crippen LogP contribution in [-0.2, 0) is 6.42 Å². The van der Waals surface area contributed by atoms with Gasteiger partial charge < -0.3 is 4.98 Å². The molecule has 0 bridgehead atoms. The monoisotopic (exact) mass is 328 g/mol. The van der Waals surface area contributed by atoms with Crippen LogP contribution >= 0.6 is 15.9 Å². The topological polar surface area (TPSA) is 45.8 Å². The molecule has 0 unspecified atom stereocenters. The number of Topliss-reactive ketones (excluding diaryl/α,β-unsaturated/α-hetero) is 1. The van der Waals surface area contributed by atoms with Crippen LogP contribution < -0.4 is 0 Å². The van der Waals surface area contributed by atoms with Crippen molar-refractivity contribution in [3.8, 4) is 0 Å². The number of nitrogens with one attached hydrogen (secondary N) is 1. The molecule has 3 rings (SSSR count). The van der Waals surface area contributed by atoms with E-state index in [1.54, 1.807) is 6.20 Å². The second kappa shape index (κ2) is 5.21. The molecule has 100 valence electrons. The van der Waals surface area contributed by atoms with Crippen LogP contribution in [0.3, 0.4) is 0 Å². The first-order chi connectivity index (χ1) is 9.61. The zero-order valence-corrected chi connectivity index (χ0v) is 12.6. The molecule has 1 N–H and O–H groups in total. The zero-order valence-electron chi connectivity index (χ0n) is 11.0. The lowest BCUT2D eigenvalue weighted by molar-refractivity contribution is 0.0993. The summed E-state index contributed by atoms with van der Waals surface area (Å²) < 4.78 is 0.915. The van der Waals surface area contributed by atoms with Gasteiger partial charge in [0.25, 0.3) is 0 Å². The number of rotatable bonds is 3. The molecular weight excluding hydrogens is 316 g/mol. The number of nitrogens with zero attached hydrogens (tertiary/aromatic N) is 1. The van der Waals surface area contributed by atoms with Gasteiger partial charge in [-0.05, 0) is 36.8 Å². The maximum absolute atomic E-state index is 12.3. The second-order valence-corrected chi connectivity index (χ2v) is 5.76. The van der Waals surface area contributed by atoms with E-state index in [-0.39, 0.29) is 5.78 Å². The van der Waals surface area contributed by atoms with Crippen LogP contribution in [0.5, 0.6) is 0 Å². The fourth-order valence-corrected chi connectivity index (χ4v) is 2.64. The fourth-order valence-electron chi connectivity index (χ4n) is 2.24. The van der Waals surface area contributed by atoms with Gasteiger partial charge in [0.15, 0.2) is 5.78 Å². The maximum atomic E-state index is 12.3. The average Bonchev–Trinajstić information content (AvgIpc) is 2.78. The minimum absolute atomic E-state index is 0.0970. The highest BCUT2D eigenvalue weighted by Crippen LogP contribution is 2.17. The number of benzene rings is 1. The number of aromatic nitrogens is 2. The third-order valence-corrected chi connectivity index (χ3v) is 3.67. The molecule has 3 aromatic rings. The number of hydrogen-bond donors (Lipinski definition) is 1. The van der Waals surface area contributed by atoms with Crippen molar-refractivity contribution in [1.82, 2.24) is 9.97 Å². The number of aromatic amines is 1. The Balaban J connectivity index is 1.87. The Labute approximate surface area is 125 Å². The van der Waals surface area contributed by atoms with Crippen LogP contribution in [-0.4, -0.2) is 15.8 Å². The van der Waals surface area contributed by atoms with E-state index < -0.39 is 0 Å². The van der Waals surface area contributed by atoms with Crippen molar-refractivity contribution in [2.45, 2.75) is 13.3 Å². The van der Waals surface area contributed by atoms with Crippen LogP contribution in [0.2, 0.25) is 0 Å². The van der Waals surface area contributed by atoms with Crippen LogP contribution in [0.15, 0.2) is 47.1 Å². The van der Waals surface area contributed by atoms with Crippen molar-refractivity contribution in [2.75, 3.05) is 0 Å². The van der Waals surface area contributed by atoms with Crippen molar-refractivity contribution in [1.29, 1.82) is 0 Å². The van der Waals surface area contributed by atoms with Crippen LogP contribution in [0.25, 0.3) is 11.0 Å². The predicted octanol–water partition coefficient (Wildman–Crippen LogP) is 4.06. The van der Waals surface area contributed by atoms with Crippen molar-refractivity contribution in [2.24, 2.45) is 0 Å². The van der Waals surface area contributed by atoms with Gasteiger partial charge in [0, 0.05) is 33.7 Å². The fraction of sp³-hybridized carbons (Fsp3) is 0.125. The predicted molar refractivity (Wildman–Crippen MR) is 83.0 cm³/mol. The number of carbonyl (C=O) groups excluding carboxylic acids is 1. The van der Waals surface area contributed by atoms with Gasteiger partial charge in [0.2, 0.25) is 0 Å². The number of H-pyrrole nitrogens is 1. The standard InChI is InChI=1S/C16H13BrN2O/c1-10-5-13-6-11(9-18-16(13)19-10)7-15(20)12-3-2-4-14(17)8-12/h2-6,8-9H,7H2,1H3,(H,18,19). The summed E-state index contributed by atoms with van der Waals surface area (Å²) in [5, 5.41) is 1.04. The first kappa shape index (κ1) is 13.1. The molecule has 20 heavy (non-hydrogen) atoms. The van der Waals surface area contributed by atoms with Gasteiger partial charge in [-0.1, -0.05) is 28.1 Å². The lowest BCUT2D eigenvalue weighted by atomic mass is 10.0. The molecule has 4 heteroatoms. The summed E-state index contributed by atoms with van der Waals surface area (Å²) in [7, 11) is 0. The van der Waals surface area contributed by atoms with E-state index in [9.17, 15) is 4.79 Å². The number of ketones is 1. The van der Waals surface area contributed by atoms with Crippen molar-refractivity contribution in [3.05, 3.63) is 63.9 Å². The molecule has 0 aliphatic carbocycles. The van der Waals surface area contributed by atoms with Crippen LogP contribution in [0, 0.1) is 6.92 Å². The van der Waals surface area contributed by atoms with Gasteiger partial charge in [-0.25, -0.2) is 4.98 Å². The van der Waals surface area contributed by atoms with Gasteiger partial charge in [-0.15, -0.1) is 0 Å². The summed E-state index contributed by atoms with van der Waals surface area (Å²) in [4.78, 5) is 19.8. The Morgan fingerprint density at radius 1 is 1.30 bits per heavy atom. The first-order valence-corrected chi connectivity index (χ1v) is 7.14. The highest BCUT2D eigenvalue weighted by atomic mass is 79.9. The average molecular weight is 329 g/mol. The molecule has 0 saturated heterocycles. The van der Waals surface area contributed by atoms with Crippen LogP contribution in [0.4, 0.5) is 0 Å². The first-order valence-electron chi connectivity index (χ1n) is 6.35. The Morgan fingerprint density at radius 2 is 2.15 bits per heavy atom. The smallest absolute Gasteiger partial charge is 0.167 e. The highest BCUT2D eigenvalue weighted by Gasteiger charge is 2.09. The van der Waals surface area contributed by atoms with E-state index in [1.807, 2.05) is 43.3 Å². The largest absolute Gasteiger partial charge is 0.344 e. The van der Waals surface area contributed by atoms with Crippen molar-refractivity contribution >= 4 is 32.7 Å². The third-order valence-electron chi connectivity index (χ3n) is 3.17. The Bertz CT molecular complexity index is 792. The number of halogens is 1. The van der Waals surface area contributed by atoms with Gasteiger partial charge in [-0.2, -0.15) is 0 Å². The molecule has 3 nitrogen and oxygen atoms in total. The van der Waals surface area contributed by atoms with Gasteiger partial charge in [-0.3, -0.25) is 4.79 Å². The molecule has 0 spiro atoms. The number of carbonyl (C=O) groups is 1. The molecule has 0 fully saturated rings. The molecule has 0 radical (unpaired) electrons. The molecule has 2 aromatic heterocycles. The molecule has 2 heterocycles. The number of hydrogen-bond acceptors (Lipinski definition) is 2. The summed E-state index contributed by atoms with van der Waals surface area (Å²) >= 11 is 3.38. The summed E-state index contributed by atoms with van der Waals surface area (Å²) in [5.74, 6) is 0.0970. The quantitative estimate of drug-likeness (QED) is 0.737. The van der Waals surface area contributed by atoms with E-state index in [1.165, 1.54) is 0 Å². The normalized spacial score (nSPS) is 10.9. The Morgan fingerprint density at radius 3 is 2.95 bits per heavy atom. The molecule has 0 saturated carbocycles. The molecule has 0 amide bonds. The highest BCUT2D eigenvalue weighted by molar-refractivity contribution is 9.10. The lowest BCUT2D eigenvalue weighted by Crippen LogP contribution is -2.03. The number of fused-ring (bicyclic) bond motifs is 1. The summed E-state index contributed by atoms with van der Waals surface area (Å²) in [6.45, 7) is 1.99. The molecule has 1 aromatic carbocycles. The second-order valence-electron chi connectivity index (χ2n) is 4.84. The summed E-state index contributed by atoms with van der Waals surface area (Å²) in [6.07, 6.45) is 2.12. The van der Waals surface area contributed by atoms with E-state index in [0.717, 1.165) is 26.8 Å². The summed E-state index contributed by atoms with van der Waals surface area (Å²) in [5.41, 5.74) is 3.58. The zero-order chi connectivity index (χ0) is 14.1. The Hall–Kier alpha value is -1.94. The minimum Gasteiger partial charge on any atom is -0.344 e. The minimum atomic E-state index is 0.0970. The molecule has 0 aliphatic rings. The molecule has 0 atom stereocenters. The van der Waals surface area contributed by atoms with E-state index in [4.69, 9.17) is 0 Å². The van der Waals surface area contributed by atoms with Crippen molar-refractivity contribution < 1.29 is 4.79 Å². The maximum Gasteiger partial charge on any atom is 0.167 e. The van der Waals surface area contributed by atoms with Gasteiger partial charge in [0.1, 0.15) is 5.65 Å². The molecular formula is C16H13BrN2O. The molecule has 0 aliphatic heterocycles.